The Morgan fingerprint density at radius 1 is 1.40 bits per heavy atom. The third-order valence-corrected chi connectivity index (χ3v) is 3.84. The molecule has 2 rings (SSSR count). The number of nitrogens with zero attached hydrogens (tertiary/aromatic N) is 2. The number of aromatic carboxylic acids is 1. The standard InChI is InChI=1S/C12H7BrN2O4S/c13-7-5-9(15(18)19)11(14-6-7)20-10-4-2-1-3-8(10)12(16)17/h1-6H,(H,16,17). The quantitative estimate of drug-likeness (QED) is 0.665. The summed E-state index contributed by atoms with van der Waals surface area (Å²) in [6.45, 7) is 0. The topological polar surface area (TPSA) is 93.3 Å². The maximum absolute atomic E-state index is 11.1. The first kappa shape index (κ1) is 14.5. The lowest BCUT2D eigenvalue weighted by Crippen LogP contribution is -1.99. The Bertz CT molecular complexity index is 693. The number of benzene rings is 1. The summed E-state index contributed by atoms with van der Waals surface area (Å²) in [5, 5.41) is 20.2. The van der Waals surface area contributed by atoms with Crippen LogP contribution in [0.1, 0.15) is 10.4 Å². The van der Waals surface area contributed by atoms with Crippen LogP contribution in [0.2, 0.25) is 0 Å². The number of pyridine rings is 1. The van der Waals surface area contributed by atoms with Gasteiger partial charge >= 0.3 is 11.7 Å². The molecule has 0 amide bonds. The van der Waals surface area contributed by atoms with Crippen molar-refractivity contribution < 1.29 is 14.8 Å². The first-order chi connectivity index (χ1) is 9.49. The zero-order valence-electron chi connectivity index (χ0n) is 9.82. The van der Waals surface area contributed by atoms with Gasteiger partial charge in [-0.2, -0.15) is 0 Å². The van der Waals surface area contributed by atoms with Gasteiger partial charge in [-0.15, -0.1) is 0 Å². The molecule has 8 heteroatoms. The van der Waals surface area contributed by atoms with E-state index in [4.69, 9.17) is 5.11 Å². The van der Waals surface area contributed by atoms with E-state index in [0.29, 0.717) is 9.37 Å². The SMILES string of the molecule is O=C(O)c1ccccc1Sc1ncc(Br)cc1[N+](=O)[O-]. The van der Waals surface area contributed by atoms with Crippen molar-refractivity contribution in [1.82, 2.24) is 4.98 Å². The zero-order chi connectivity index (χ0) is 14.7. The lowest BCUT2D eigenvalue weighted by molar-refractivity contribution is -0.388. The summed E-state index contributed by atoms with van der Waals surface area (Å²) in [5.41, 5.74) is -0.0962. The van der Waals surface area contributed by atoms with Crippen molar-refractivity contribution in [2.45, 2.75) is 9.92 Å². The number of carboxylic acid groups (broad SMARTS) is 1. The molecule has 1 aromatic carbocycles. The Morgan fingerprint density at radius 2 is 2.10 bits per heavy atom. The predicted molar refractivity (Wildman–Crippen MR) is 76.1 cm³/mol. The van der Waals surface area contributed by atoms with Gasteiger partial charge in [-0.1, -0.05) is 23.9 Å². The molecule has 0 saturated heterocycles. The van der Waals surface area contributed by atoms with Crippen molar-refractivity contribution in [2.24, 2.45) is 0 Å². The summed E-state index contributed by atoms with van der Waals surface area (Å²) in [7, 11) is 0. The zero-order valence-corrected chi connectivity index (χ0v) is 12.2. The second-order valence-electron chi connectivity index (χ2n) is 3.64. The first-order valence-electron chi connectivity index (χ1n) is 5.29. The molecule has 0 aliphatic heterocycles. The van der Waals surface area contributed by atoms with E-state index in [0.717, 1.165) is 11.8 Å². The van der Waals surface area contributed by atoms with Gasteiger partial charge in [0.25, 0.3) is 0 Å². The Labute approximate surface area is 126 Å². The van der Waals surface area contributed by atoms with E-state index in [1.807, 2.05) is 0 Å². The van der Waals surface area contributed by atoms with E-state index in [9.17, 15) is 14.9 Å². The second-order valence-corrected chi connectivity index (χ2v) is 5.58. The van der Waals surface area contributed by atoms with Gasteiger partial charge in [-0.05, 0) is 28.1 Å². The van der Waals surface area contributed by atoms with E-state index in [1.54, 1.807) is 18.2 Å². The molecule has 0 fully saturated rings. The van der Waals surface area contributed by atoms with Crippen molar-refractivity contribution in [3.63, 3.8) is 0 Å². The number of rotatable bonds is 4. The molecule has 1 N–H and O–H groups in total. The molecule has 0 aliphatic carbocycles. The fourth-order valence-electron chi connectivity index (χ4n) is 1.46. The molecule has 0 radical (unpaired) electrons. The highest BCUT2D eigenvalue weighted by Crippen LogP contribution is 2.35. The molecule has 6 nitrogen and oxygen atoms in total. The average molecular weight is 355 g/mol. The second kappa shape index (κ2) is 6.02. The summed E-state index contributed by atoms with van der Waals surface area (Å²) < 4.78 is 0.486. The van der Waals surface area contributed by atoms with Gasteiger partial charge in [0.1, 0.15) is 0 Å². The van der Waals surface area contributed by atoms with E-state index < -0.39 is 10.9 Å². The van der Waals surface area contributed by atoms with Gasteiger partial charge in [-0.3, -0.25) is 10.1 Å². The number of nitro groups is 1. The van der Waals surface area contributed by atoms with Gasteiger partial charge in [-0.25, -0.2) is 9.78 Å². The van der Waals surface area contributed by atoms with Crippen LogP contribution >= 0.6 is 27.7 Å². The first-order valence-corrected chi connectivity index (χ1v) is 6.90. The van der Waals surface area contributed by atoms with E-state index in [-0.39, 0.29) is 16.3 Å². The number of halogens is 1. The molecule has 0 atom stereocenters. The molecule has 0 aliphatic rings. The van der Waals surface area contributed by atoms with Crippen LogP contribution in [0.4, 0.5) is 5.69 Å². The molecule has 102 valence electrons. The van der Waals surface area contributed by atoms with E-state index >= 15 is 0 Å². The fraction of sp³-hybridized carbons (Fsp3) is 0. The van der Waals surface area contributed by atoms with Crippen LogP contribution in [0.3, 0.4) is 0 Å². The maximum atomic E-state index is 11.1. The number of aromatic nitrogens is 1. The molecule has 0 unspecified atom stereocenters. The maximum Gasteiger partial charge on any atom is 0.336 e. The number of hydrogen-bond acceptors (Lipinski definition) is 5. The van der Waals surface area contributed by atoms with E-state index in [2.05, 4.69) is 20.9 Å². The minimum Gasteiger partial charge on any atom is -0.478 e. The lowest BCUT2D eigenvalue weighted by atomic mass is 10.2. The van der Waals surface area contributed by atoms with Crippen LogP contribution < -0.4 is 0 Å². The van der Waals surface area contributed by atoms with Crippen molar-refractivity contribution in [3.05, 3.63) is 56.7 Å². The average Bonchev–Trinajstić information content (AvgIpc) is 2.41. The summed E-state index contributed by atoms with van der Waals surface area (Å²) in [5.74, 6) is -1.09. The minimum absolute atomic E-state index is 0.0801. The normalized spacial score (nSPS) is 10.2. The Kier molecular flexibility index (Phi) is 4.35. The summed E-state index contributed by atoms with van der Waals surface area (Å²) in [6.07, 6.45) is 1.43. The van der Waals surface area contributed by atoms with Gasteiger partial charge in [0.2, 0.25) is 0 Å². The van der Waals surface area contributed by atoms with Crippen LogP contribution in [0.25, 0.3) is 0 Å². The monoisotopic (exact) mass is 354 g/mol. The highest BCUT2D eigenvalue weighted by molar-refractivity contribution is 9.10. The predicted octanol–water partition coefficient (Wildman–Crippen LogP) is 3.60. The van der Waals surface area contributed by atoms with Gasteiger partial charge in [0, 0.05) is 21.6 Å². The number of hydrogen-bond donors (Lipinski definition) is 1. The summed E-state index contributed by atoms with van der Waals surface area (Å²) in [6, 6.07) is 7.62. The molecule has 1 aromatic heterocycles. The number of carbonyl (C=O) groups is 1. The van der Waals surface area contributed by atoms with Crippen LogP contribution in [-0.4, -0.2) is 21.0 Å². The molecular weight excluding hydrogens is 348 g/mol. The van der Waals surface area contributed by atoms with Crippen LogP contribution in [0.15, 0.2) is 50.9 Å². The highest BCUT2D eigenvalue weighted by Gasteiger charge is 2.19. The third-order valence-electron chi connectivity index (χ3n) is 2.32. The Balaban J connectivity index is 2.45. The molecule has 1 heterocycles. The van der Waals surface area contributed by atoms with Gasteiger partial charge < -0.3 is 5.11 Å². The molecule has 2 aromatic rings. The number of carboxylic acids is 1. The Morgan fingerprint density at radius 3 is 2.75 bits per heavy atom. The van der Waals surface area contributed by atoms with Crippen molar-refractivity contribution in [1.29, 1.82) is 0 Å². The smallest absolute Gasteiger partial charge is 0.336 e. The highest BCUT2D eigenvalue weighted by atomic mass is 79.9. The van der Waals surface area contributed by atoms with Crippen LogP contribution in [0, 0.1) is 10.1 Å². The molecule has 0 saturated carbocycles. The molecule has 0 bridgehead atoms. The van der Waals surface area contributed by atoms with Crippen molar-refractivity contribution in [2.75, 3.05) is 0 Å². The summed E-state index contributed by atoms with van der Waals surface area (Å²) in [4.78, 5) is 25.9. The lowest BCUT2D eigenvalue weighted by Gasteiger charge is -2.05. The van der Waals surface area contributed by atoms with Crippen molar-refractivity contribution >= 4 is 39.3 Å². The molecular formula is C12H7BrN2O4S. The Hall–Kier alpha value is -1.93. The van der Waals surface area contributed by atoms with E-state index in [1.165, 1.54) is 18.3 Å². The van der Waals surface area contributed by atoms with Crippen molar-refractivity contribution in [3.8, 4) is 0 Å². The minimum atomic E-state index is -1.09. The fourth-order valence-corrected chi connectivity index (χ4v) is 2.74. The molecule has 20 heavy (non-hydrogen) atoms. The van der Waals surface area contributed by atoms with Gasteiger partial charge in [0.15, 0.2) is 5.03 Å². The molecule has 0 spiro atoms. The largest absolute Gasteiger partial charge is 0.478 e. The summed E-state index contributed by atoms with van der Waals surface area (Å²) >= 11 is 4.07. The third kappa shape index (κ3) is 3.14. The van der Waals surface area contributed by atoms with Crippen LogP contribution in [0.5, 0.6) is 0 Å². The van der Waals surface area contributed by atoms with Crippen LogP contribution in [-0.2, 0) is 0 Å². The van der Waals surface area contributed by atoms with Gasteiger partial charge in [0.05, 0.1) is 10.5 Å².